The number of hydrogen-bond donors (Lipinski definition) is 2. The molecule has 0 spiro atoms. The molecule has 1 unspecified atom stereocenters. The van der Waals surface area contributed by atoms with Crippen molar-refractivity contribution in [1.29, 1.82) is 0 Å². The normalized spacial score (nSPS) is 18.4. The summed E-state index contributed by atoms with van der Waals surface area (Å²) in [5.41, 5.74) is 4.48. The van der Waals surface area contributed by atoms with Crippen molar-refractivity contribution in [3.8, 4) is 0 Å². The summed E-state index contributed by atoms with van der Waals surface area (Å²) in [4.78, 5) is 12.0. The van der Waals surface area contributed by atoms with Crippen LogP contribution in [-0.2, 0) is 10.2 Å². The van der Waals surface area contributed by atoms with Crippen LogP contribution in [0.4, 0.5) is 5.69 Å². The first-order valence-electron chi connectivity index (χ1n) is 6.44. The first-order valence-corrected chi connectivity index (χ1v) is 6.44. The zero-order valence-corrected chi connectivity index (χ0v) is 11.7. The molecular formula is C15H21NO2. The number of anilines is 1. The van der Waals surface area contributed by atoms with Crippen molar-refractivity contribution in [3.63, 3.8) is 0 Å². The summed E-state index contributed by atoms with van der Waals surface area (Å²) in [6.45, 7) is 9.81. The molecule has 0 aliphatic carbocycles. The fourth-order valence-corrected chi connectivity index (χ4v) is 2.55. The van der Waals surface area contributed by atoms with Crippen LogP contribution in [0, 0.1) is 13.8 Å². The number of aliphatic hydroxyl groups excluding tert-OH is 1. The van der Waals surface area contributed by atoms with Gasteiger partial charge in [0.15, 0.2) is 0 Å². The molecule has 0 fully saturated rings. The van der Waals surface area contributed by atoms with Gasteiger partial charge in [0.05, 0.1) is 11.5 Å². The minimum atomic E-state index is -0.518. The van der Waals surface area contributed by atoms with Crippen LogP contribution in [0.15, 0.2) is 6.07 Å². The summed E-state index contributed by atoms with van der Waals surface area (Å²) < 4.78 is 0. The monoisotopic (exact) mass is 247 g/mol. The molecule has 98 valence electrons. The van der Waals surface area contributed by atoms with Crippen molar-refractivity contribution in [2.24, 2.45) is 0 Å². The van der Waals surface area contributed by atoms with Gasteiger partial charge in [-0.25, -0.2) is 0 Å². The summed E-state index contributed by atoms with van der Waals surface area (Å²) in [5.74, 6) is 0.0307. The lowest BCUT2D eigenvalue weighted by molar-refractivity contribution is -0.119. The Labute approximate surface area is 108 Å². The third-order valence-corrected chi connectivity index (χ3v) is 4.16. The molecule has 2 N–H and O–H groups in total. The van der Waals surface area contributed by atoms with E-state index in [2.05, 4.69) is 5.32 Å². The molecule has 18 heavy (non-hydrogen) atoms. The molecule has 1 aromatic rings. The van der Waals surface area contributed by atoms with E-state index in [0.29, 0.717) is 6.42 Å². The first kappa shape index (κ1) is 13.1. The molecule has 0 saturated carbocycles. The number of carbonyl (C=O) groups is 1. The highest BCUT2D eigenvalue weighted by molar-refractivity contribution is 6.06. The van der Waals surface area contributed by atoms with E-state index in [1.807, 2.05) is 40.7 Å². The summed E-state index contributed by atoms with van der Waals surface area (Å²) in [6.07, 6.45) is 0.224. The van der Waals surface area contributed by atoms with Crippen LogP contribution in [0.5, 0.6) is 0 Å². The quantitative estimate of drug-likeness (QED) is 0.844. The van der Waals surface area contributed by atoms with Crippen LogP contribution in [0.25, 0.3) is 0 Å². The van der Waals surface area contributed by atoms with Crippen molar-refractivity contribution in [2.45, 2.75) is 52.6 Å². The molecule has 3 nitrogen and oxygen atoms in total. The van der Waals surface area contributed by atoms with Crippen molar-refractivity contribution >= 4 is 11.6 Å². The van der Waals surface area contributed by atoms with Crippen LogP contribution in [0.3, 0.4) is 0 Å². The predicted molar refractivity (Wildman–Crippen MR) is 72.8 cm³/mol. The Morgan fingerprint density at radius 2 is 1.94 bits per heavy atom. The topological polar surface area (TPSA) is 49.3 Å². The minimum Gasteiger partial charge on any atom is -0.388 e. The van der Waals surface area contributed by atoms with Crippen molar-refractivity contribution in [1.82, 2.24) is 0 Å². The molecule has 1 atom stereocenters. The zero-order valence-electron chi connectivity index (χ0n) is 11.7. The van der Waals surface area contributed by atoms with E-state index in [1.54, 1.807) is 0 Å². The standard InChI is InChI=1S/C15H21NO2/c1-6-12(17)10-7-11-13(9(3)8(10)2)16-14(18)15(11,4)5/h7,12,17H,6H2,1-5H3,(H,16,18). The van der Waals surface area contributed by atoms with E-state index in [9.17, 15) is 9.90 Å². The Kier molecular flexibility index (Phi) is 2.98. The Balaban J connectivity index is 2.69. The van der Waals surface area contributed by atoms with Crippen molar-refractivity contribution in [3.05, 3.63) is 28.3 Å². The van der Waals surface area contributed by atoms with Gasteiger partial charge in [0.2, 0.25) is 5.91 Å². The van der Waals surface area contributed by atoms with Crippen LogP contribution in [0.2, 0.25) is 0 Å². The zero-order chi connectivity index (χ0) is 13.7. The van der Waals surface area contributed by atoms with Gasteiger partial charge < -0.3 is 10.4 Å². The van der Waals surface area contributed by atoms with Gasteiger partial charge in [-0.1, -0.05) is 6.92 Å². The molecule has 1 amide bonds. The Bertz CT molecular complexity index is 518. The van der Waals surface area contributed by atoms with E-state index in [4.69, 9.17) is 0 Å². The fourth-order valence-electron chi connectivity index (χ4n) is 2.55. The van der Waals surface area contributed by atoms with Crippen LogP contribution in [-0.4, -0.2) is 11.0 Å². The molecule has 0 bridgehead atoms. The van der Waals surface area contributed by atoms with Crippen LogP contribution in [0.1, 0.15) is 55.5 Å². The Morgan fingerprint density at radius 3 is 2.50 bits per heavy atom. The second-order valence-corrected chi connectivity index (χ2v) is 5.64. The number of carbonyl (C=O) groups excluding carboxylic acids is 1. The van der Waals surface area contributed by atoms with Gasteiger partial charge in [0.25, 0.3) is 0 Å². The van der Waals surface area contributed by atoms with Gasteiger partial charge >= 0.3 is 0 Å². The van der Waals surface area contributed by atoms with Crippen LogP contribution < -0.4 is 5.32 Å². The highest BCUT2D eigenvalue weighted by Crippen LogP contribution is 2.42. The van der Waals surface area contributed by atoms with E-state index in [-0.39, 0.29) is 5.91 Å². The predicted octanol–water partition coefficient (Wildman–Crippen LogP) is 2.98. The van der Waals surface area contributed by atoms with E-state index < -0.39 is 11.5 Å². The molecule has 3 heteroatoms. The molecule has 0 aromatic heterocycles. The van der Waals surface area contributed by atoms with Crippen molar-refractivity contribution < 1.29 is 9.90 Å². The second kappa shape index (κ2) is 4.09. The lowest BCUT2D eigenvalue weighted by Gasteiger charge is -2.20. The highest BCUT2D eigenvalue weighted by Gasteiger charge is 2.40. The van der Waals surface area contributed by atoms with Crippen LogP contribution >= 0.6 is 0 Å². The SMILES string of the molecule is CCC(O)c1cc2c(c(C)c1C)NC(=O)C2(C)C. The maximum absolute atomic E-state index is 12.0. The van der Waals surface area contributed by atoms with Gasteiger partial charge in [0, 0.05) is 5.69 Å². The van der Waals surface area contributed by atoms with E-state index >= 15 is 0 Å². The Hall–Kier alpha value is -1.35. The number of rotatable bonds is 2. The number of amides is 1. The number of benzene rings is 1. The van der Waals surface area contributed by atoms with E-state index in [1.165, 1.54) is 0 Å². The maximum Gasteiger partial charge on any atom is 0.234 e. The van der Waals surface area contributed by atoms with Gasteiger partial charge in [-0.05, 0) is 62.4 Å². The maximum atomic E-state index is 12.0. The average Bonchev–Trinajstić information content (AvgIpc) is 2.55. The molecule has 1 aliphatic rings. The summed E-state index contributed by atoms with van der Waals surface area (Å²) in [7, 11) is 0. The van der Waals surface area contributed by atoms with Crippen molar-refractivity contribution in [2.75, 3.05) is 5.32 Å². The molecule has 1 aliphatic heterocycles. The lowest BCUT2D eigenvalue weighted by atomic mass is 9.82. The molecular weight excluding hydrogens is 226 g/mol. The smallest absolute Gasteiger partial charge is 0.234 e. The van der Waals surface area contributed by atoms with Gasteiger partial charge in [-0.3, -0.25) is 4.79 Å². The minimum absolute atomic E-state index is 0.0307. The highest BCUT2D eigenvalue weighted by atomic mass is 16.3. The van der Waals surface area contributed by atoms with Gasteiger partial charge in [-0.2, -0.15) is 0 Å². The summed E-state index contributed by atoms with van der Waals surface area (Å²) in [6, 6.07) is 1.99. The molecule has 0 saturated heterocycles. The second-order valence-electron chi connectivity index (χ2n) is 5.64. The molecule has 1 aromatic carbocycles. The number of hydrogen-bond acceptors (Lipinski definition) is 2. The summed E-state index contributed by atoms with van der Waals surface area (Å²) >= 11 is 0. The van der Waals surface area contributed by atoms with E-state index in [0.717, 1.165) is 27.9 Å². The molecule has 1 heterocycles. The number of fused-ring (bicyclic) bond motifs is 1. The first-order chi connectivity index (χ1) is 8.30. The number of aliphatic hydroxyl groups is 1. The third kappa shape index (κ3) is 1.65. The van der Waals surface area contributed by atoms with Gasteiger partial charge in [0.1, 0.15) is 0 Å². The Morgan fingerprint density at radius 1 is 1.33 bits per heavy atom. The summed E-state index contributed by atoms with van der Waals surface area (Å²) in [5, 5.41) is 13.1. The molecule has 2 rings (SSSR count). The largest absolute Gasteiger partial charge is 0.388 e. The van der Waals surface area contributed by atoms with Gasteiger partial charge in [-0.15, -0.1) is 0 Å². The fraction of sp³-hybridized carbons (Fsp3) is 0.533. The lowest BCUT2D eigenvalue weighted by Crippen LogP contribution is -2.26. The third-order valence-electron chi connectivity index (χ3n) is 4.16. The number of nitrogens with one attached hydrogen (secondary N) is 1. The average molecular weight is 247 g/mol. The molecule has 0 radical (unpaired) electrons.